The van der Waals surface area contributed by atoms with Gasteiger partial charge in [0, 0.05) is 65.7 Å². The van der Waals surface area contributed by atoms with Gasteiger partial charge in [0.1, 0.15) is 12.1 Å². The Morgan fingerprint density at radius 1 is 0.881 bits per heavy atom. The summed E-state index contributed by atoms with van der Waals surface area (Å²) in [6.07, 6.45) is 8.39. The molecule has 14 atom stereocenters. The van der Waals surface area contributed by atoms with Gasteiger partial charge in [-0.05, 0) is 63.7 Å². The number of amides is 2. The molecule has 13 unspecified atom stereocenters. The second-order valence-corrected chi connectivity index (χ2v) is 13.9. The van der Waals surface area contributed by atoms with Crippen molar-refractivity contribution in [2.24, 2.45) is 29.6 Å². The van der Waals surface area contributed by atoms with Crippen molar-refractivity contribution >= 4 is 11.8 Å². The molecule has 42 heavy (non-hydrogen) atoms. The minimum Gasteiger partial charge on any atom is -0.381 e. The molecule has 0 aromatic carbocycles. The number of hydrogen-bond acceptors (Lipinski definition) is 7. The summed E-state index contributed by atoms with van der Waals surface area (Å²) in [6, 6.07) is 1.01. The Morgan fingerprint density at radius 3 is 2.40 bits per heavy atom. The lowest BCUT2D eigenvalue weighted by Gasteiger charge is -2.53. The molecule has 2 amide bonds. The number of rotatable bonds is 9. The van der Waals surface area contributed by atoms with E-state index in [0.717, 1.165) is 64.3 Å². The van der Waals surface area contributed by atoms with Crippen LogP contribution in [0.25, 0.3) is 0 Å². The molecule has 0 radical (unpaired) electrons. The second-order valence-electron chi connectivity index (χ2n) is 13.9. The number of fused-ring (bicyclic) bond motifs is 5. The fourth-order valence-electron chi connectivity index (χ4n) is 10.2. The highest BCUT2D eigenvalue weighted by atomic mass is 16.5. The van der Waals surface area contributed by atoms with Gasteiger partial charge in [-0.3, -0.25) is 9.59 Å². The quantitative estimate of drug-likeness (QED) is 0.413. The fraction of sp³-hybridized carbons (Fsp3) is 0.938. The van der Waals surface area contributed by atoms with Crippen LogP contribution in [0.2, 0.25) is 0 Å². The predicted octanol–water partition coefficient (Wildman–Crippen LogP) is 1.11. The van der Waals surface area contributed by atoms with Crippen LogP contribution < -0.4 is 10.6 Å². The highest BCUT2D eigenvalue weighted by Gasteiger charge is 2.66. The minimum atomic E-state index is -0.503. The number of nitrogens with two attached hydrogens (primary N) is 1. The predicted molar refractivity (Wildman–Crippen MR) is 155 cm³/mol. The van der Waals surface area contributed by atoms with Crippen LogP contribution in [0.1, 0.15) is 64.7 Å². The number of carbonyl (C=O) groups is 2. The van der Waals surface area contributed by atoms with E-state index in [2.05, 4.69) is 15.5 Å². The first-order valence-corrected chi connectivity index (χ1v) is 16.6. The van der Waals surface area contributed by atoms with E-state index in [-0.39, 0.29) is 54.3 Å². The van der Waals surface area contributed by atoms with Crippen molar-refractivity contribution in [1.82, 2.24) is 10.2 Å². The lowest BCUT2D eigenvalue weighted by Crippen LogP contribution is -2.99. The van der Waals surface area contributed by atoms with Crippen LogP contribution in [0.4, 0.5) is 0 Å². The lowest BCUT2D eigenvalue weighted by molar-refractivity contribution is -0.713. The summed E-state index contributed by atoms with van der Waals surface area (Å²) in [4.78, 5) is 29.7. The van der Waals surface area contributed by atoms with E-state index in [1.54, 1.807) is 28.4 Å². The first-order chi connectivity index (χ1) is 20.4. The average Bonchev–Trinajstić information content (AvgIpc) is 3.36. The lowest BCUT2D eigenvalue weighted by atomic mass is 9.64. The Kier molecular flexibility index (Phi) is 9.49. The third kappa shape index (κ3) is 5.42. The molecule has 10 nitrogen and oxygen atoms in total. The van der Waals surface area contributed by atoms with Crippen molar-refractivity contribution in [2.45, 2.75) is 119 Å². The van der Waals surface area contributed by atoms with Crippen LogP contribution in [0.3, 0.4) is 0 Å². The van der Waals surface area contributed by atoms with Gasteiger partial charge < -0.3 is 39.2 Å². The van der Waals surface area contributed by atoms with E-state index in [1.807, 2.05) is 6.92 Å². The van der Waals surface area contributed by atoms with Gasteiger partial charge in [0.05, 0.1) is 49.0 Å². The zero-order chi connectivity index (χ0) is 29.5. The third-order valence-corrected chi connectivity index (χ3v) is 12.2. The van der Waals surface area contributed by atoms with Crippen LogP contribution >= 0.6 is 0 Å². The molecule has 3 aliphatic heterocycles. The highest BCUT2D eigenvalue weighted by Crippen LogP contribution is 2.53. The summed E-state index contributed by atoms with van der Waals surface area (Å²) in [5.74, 6) is 1.71. The van der Waals surface area contributed by atoms with E-state index in [4.69, 9.17) is 23.7 Å². The van der Waals surface area contributed by atoms with Gasteiger partial charge in [-0.1, -0.05) is 0 Å². The van der Waals surface area contributed by atoms with Crippen molar-refractivity contribution in [3.05, 3.63) is 0 Å². The zero-order valence-corrected chi connectivity index (χ0v) is 26.2. The van der Waals surface area contributed by atoms with Crippen LogP contribution in [0, 0.1) is 29.6 Å². The molecular formula is C32H54N3O7+. The molecule has 3 saturated heterocycles. The van der Waals surface area contributed by atoms with Crippen molar-refractivity contribution in [3.63, 3.8) is 0 Å². The molecule has 6 rings (SSSR count). The average molecular weight is 593 g/mol. The molecule has 3 heterocycles. The largest absolute Gasteiger partial charge is 0.381 e. The topological polar surface area (TPSA) is 112 Å². The van der Waals surface area contributed by atoms with Gasteiger partial charge in [-0.15, -0.1) is 0 Å². The minimum absolute atomic E-state index is 0.0212. The van der Waals surface area contributed by atoms with Crippen molar-refractivity contribution in [2.75, 3.05) is 41.5 Å². The van der Waals surface area contributed by atoms with E-state index >= 15 is 0 Å². The van der Waals surface area contributed by atoms with Gasteiger partial charge in [0.25, 0.3) is 0 Å². The SMILES string of the molecule is COC1CCC(CNC(=O)[C@H](C)OC2CCC3C(C2)C2CC[NH2+]C4C5CCC(OC)C(OC)C5C(=O)N3C24)C(OC)C1. The van der Waals surface area contributed by atoms with Gasteiger partial charge in [0.2, 0.25) is 11.8 Å². The summed E-state index contributed by atoms with van der Waals surface area (Å²) in [5, 5.41) is 5.68. The van der Waals surface area contributed by atoms with Crippen molar-refractivity contribution in [1.29, 1.82) is 0 Å². The Balaban J connectivity index is 1.08. The molecular weight excluding hydrogens is 538 g/mol. The number of piperidine rings is 2. The van der Waals surface area contributed by atoms with Crippen molar-refractivity contribution in [3.8, 4) is 0 Å². The standard InChI is InChI=1S/C32H53N3O7/c1-17(31(36)34-16-18-6-7-19(38-2)15-26(18)40-4)42-20-8-10-24-23(14-20)21-12-13-33-28-22-9-11-25(39-3)30(41-5)27(22)32(37)35(24)29(21)28/h17-30,33H,6-16H2,1-5H3,(H,34,36)/p+1/t17-,18?,19?,20?,21?,22?,23?,24?,25?,26?,27?,28?,29?,30?/m0/s1. The first-order valence-electron chi connectivity index (χ1n) is 16.6. The van der Waals surface area contributed by atoms with Gasteiger partial charge in [-0.25, -0.2) is 0 Å². The van der Waals surface area contributed by atoms with Crippen LogP contribution in [-0.4, -0.2) is 113 Å². The molecule has 238 valence electrons. The normalized spacial score (nSPS) is 45.5. The molecule has 0 spiro atoms. The number of nitrogens with one attached hydrogen (secondary N) is 1. The molecule has 3 N–H and O–H groups in total. The number of carbonyl (C=O) groups excluding carboxylic acids is 2. The fourth-order valence-corrected chi connectivity index (χ4v) is 10.2. The van der Waals surface area contributed by atoms with E-state index < -0.39 is 6.10 Å². The van der Waals surface area contributed by atoms with E-state index in [0.29, 0.717) is 42.3 Å². The number of methoxy groups -OCH3 is 4. The Morgan fingerprint density at radius 2 is 1.67 bits per heavy atom. The van der Waals surface area contributed by atoms with Crippen LogP contribution in [-0.2, 0) is 33.3 Å². The highest BCUT2D eigenvalue weighted by molar-refractivity contribution is 5.82. The molecule has 3 aliphatic carbocycles. The molecule has 0 aromatic rings. The summed E-state index contributed by atoms with van der Waals surface area (Å²) in [7, 11) is 6.98. The van der Waals surface area contributed by atoms with Gasteiger partial charge in [-0.2, -0.15) is 0 Å². The Hall–Kier alpha value is -1.30. The second kappa shape index (κ2) is 13.0. The van der Waals surface area contributed by atoms with Gasteiger partial charge in [0.15, 0.2) is 0 Å². The summed E-state index contributed by atoms with van der Waals surface area (Å²) >= 11 is 0. The summed E-state index contributed by atoms with van der Waals surface area (Å²) < 4.78 is 29.5. The van der Waals surface area contributed by atoms with Crippen molar-refractivity contribution < 1.29 is 38.6 Å². The Labute approximate surface area is 251 Å². The number of hydrogen-bond donors (Lipinski definition) is 2. The molecule has 0 bridgehead atoms. The maximum absolute atomic E-state index is 14.3. The number of quaternary nitrogens is 1. The third-order valence-electron chi connectivity index (χ3n) is 12.2. The summed E-state index contributed by atoms with van der Waals surface area (Å²) in [5.41, 5.74) is 0. The molecule has 3 saturated carbocycles. The molecule has 10 heteroatoms. The molecule has 6 fully saturated rings. The van der Waals surface area contributed by atoms with E-state index in [1.165, 1.54) is 0 Å². The molecule has 6 aliphatic rings. The molecule has 0 aromatic heterocycles. The van der Waals surface area contributed by atoms with E-state index in [9.17, 15) is 9.59 Å². The van der Waals surface area contributed by atoms with Crippen LogP contribution in [0.15, 0.2) is 0 Å². The maximum Gasteiger partial charge on any atom is 0.248 e. The number of ether oxygens (including phenoxy) is 5. The smallest absolute Gasteiger partial charge is 0.248 e. The Bertz CT molecular complexity index is 968. The monoisotopic (exact) mass is 592 g/mol. The first kappa shape index (κ1) is 30.7. The zero-order valence-electron chi connectivity index (χ0n) is 26.2. The maximum atomic E-state index is 14.3. The summed E-state index contributed by atoms with van der Waals surface area (Å²) in [6.45, 7) is 3.60. The van der Waals surface area contributed by atoms with Gasteiger partial charge >= 0.3 is 0 Å². The number of nitrogens with zero attached hydrogens (tertiary/aromatic N) is 1. The van der Waals surface area contributed by atoms with Crippen LogP contribution in [0.5, 0.6) is 0 Å².